The Morgan fingerprint density at radius 2 is 1.72 bits per heavy atom. The third-order valence-corrected chi connectivity index (χ3v) is 11.0. The van der Waals surface area contributed by atoms with Gasteiger partial charge in [0.25, 0.3) is 0 Å². The summed E-state index contributed by atoms with van der Waals surface area (Å²) in [5, 5.41) is 33.2. The molecule has 0 bridgehead atoms. The standard InChI is InChI=1S/C32H50N2O5S.3CO.Tc/c1-3-40-17-16-34(21-30(38)39)20-29(37)33-15-7-5-4-6-8-22-18-23-19-24(35)9-10-25(23)26-13-14-32(2)27(31(22)26)11-12-28(32)36;3*1-2;/h9-10,19,22,26-28,31,35-36H,3-8,11-18,20-21H2,1-2H3,(H,33,37)(H,38,39);;;;/t22-,26?,27?,28+,31?,32+;;;;/m1..../s1/i;;;;1-4. The van der Waals surface area contributed by atoms with Gasteiger partial charge in [-0.2, -0.15) is 11.8 Å². The number of nitrogens with zero attached hydrogens (tertiary/aromatic N) is 1. The molecule has 1 radical (unpaired) electrons. The Morgan fingerprint density at radius 3 is 2.38 bits per heavy atom. The molecule has 2 fully saturated rings. The maximum absolute atomic E-state index is 12.4. The summed E-state index contributed by atoms with van der Waals surface area (Å²) < 4.78 is 22.5. The van der Waals surface area contributed by atoms with Crippen molar-refractivity contribution in [3.63, 3.8) is 0 Å². The van der Waals surface area contributed by atoms with E-state index in [-0.39, 0.29) is 50.6 Å². The average molecular weight is 753 g/mol. The number of thioether (sulfide) groups is 1. The number of rotatable bonds is 15. The zero-order valence-corrected chi connectivity index (χ0v) is 30.2. The summed E-state index contributed by atoms with van der Waals surface area (Å²) in [6, 6.07) is 5.99. The van der Waals surface area contributed by atoms with Crippen LogP contribution in [0.1, 0.15) is 88.7 Å². The predicted molar refractivity (Wildman–Crippen MR) is 173 cm³/mol. The Morgan fingerprint density at radius 1 is 1.04 bits per heavy atom. The molecule has 3 unspecified atom stereocenters. The number of benzene rings is 1. The van der Waals surface area contributed by atoms with Gasteiger partial charge in [-0.05, 0) is 103 Å². The number of hydrogen-bond donors (Lipinski definition) is 4. The Balaban J connectivity index is 0.00000286. The first-order chi connectivity index (χ1) is 22.2. The first-order valence-electron chi connectivity index (χ1n) is 16.1. The summed E-state index contributed by atoms with van der Waals surface area (Å²) in [6.45, 7) is 19.2. The normalized spacial score (nSPS) is 24.9. The van der Waals surface area contributed by atoms with E-state index in [0.717, 1.165) is 69.3 Å². The molecular weight excluding hydrogens is 702 g/mol. The van der Waals surface area contributed by atoms with Gasteiger partial charge in [-0.25, -0.2) is 0 Å². The van der Waals surface area contributed by atoms with Gasteiger partial charge in [-0.15, -0.1) is 0 Å². The van der Waals surface area contributed by atoms with Crippen molar-refractivity contribution in [2.75, 3.05) is 37.7 Å². The average Bonchev–Trinajstić information content (AvgIpc) is 3.36. The number of aliphatic hydroxyl groups excluding tert-OH is 1. The molecule has 261 valence electrons. The molecule has 4 N–H and O–H groups in total. The number of aliphatic carboxylic acids is 1. The Hall–Kier alpha value is -1.90. The number of phenolic OH excluding ortho intramolecular Hbond substituents is 1. The van der Waals surface area contributed by atoms with Crippen LogP contribution in [0, 0.1) is 43.1 Å². The van der Waals surface area contributed by atoms with Crippen molar-refractivity contribution < 1.29 is 59.0 Å². The Bertz CT molecular complexity index is 1130. The van der Waals surface area contributed by atoms with Gasteiger partial charge in [0, 0.05) is 38.9 Å². The van der Waals surface area contributed by atoms with E-state index in [1.54, 1.807) is 16.7 Å². The van der Waals surface area contributed by atoms with Gasteiger partial charge in [0.15, 0.2) is 0 Å². The summed E-state index contributed by atoms with van der Waals surface area (Å²) in [6.07, 6.45) is 10.6. The maximum atomic E-state index is 12.4. The molecule has 3 aliphatic carbocycles. The molecule has 2 saturated carbocycles. The molecular formula is C35H50N2O8STc. The van der Waals surface area contributed by atoms with Gasteiger partial charge in [0.1, 0.15) is 5.75 Å². The fraction of sp³-hybridized carbons (Fsp3) is 0.686. The molecule has 0 heterocycles. The molecule has 1 aromatic carbocycles. The molecule has 10 nitrogen and oxygen atoms in total. The molecule has 1 amide bonds. The number of carbonyl (C=O) groups excluding carboxylic acids is 1. The van der Waals surface area contributed by atoms with Crippen molar-refractivity contribution >= 4 is 23.6 Å². The zero-order chi connectivity index (χ0) is 34.7. The molecule has 3 aliphatic rings. The van der Waals surface area contributed by atoms with Crippen molar-refractivity contribution in [3.05, 3.63) is 49.3 Å². The number of nitrogens with one attached hydrogen (secondary N) is 1. The van der Waals surface area contributed by atoms with Crippen molar-refractivity contribution in [3.8, 4) is 5.75 Å². The van der Waals surface area contributed by atoms with E-state index in [4.69, 9.17) is 19.1 Å². The van der Waals surface area contributed by atoms with E-state index >= 15 is 0 Å². The van der Waals surface area contributed by atoms with Gasteiger partial charge in [-0.3, -0.25) is 14.5 Å². The van der Waals surface area contributed by atoms with Crippen LogP contribution < -0.4 is 5.32 Å². The second-order valence-corrected chi connectivity index (χ2v) is 14.0. The Labute approximate surface area is 297 Å². The topological polar surface area (TPSA) is 170 Å². The molecule has 0 aliphatic heterocycles. The van der Waals surface area contributed by atoms with Crippen LogP contribution in [0.4, 0.5) is 0 Å². The number of carbonyl (C=O) groups is 2. The summed E-state index contributed by atoms with van der Waals surface area (Å²) in [7, 11) is 0. The quantitative estimate of drug-likeness (QED) is 0.112. The van der Waals surface area contributed by atoms with E-state index in [2.05, 4.69) is 45.2 Å². The van der Waals surface area contributed by atoms with Gasteiger partial charge in [0.05, 0.1) is 19.2 Å². The summed E-state index contributed by atoms with van der Waals surface area (Å²) in [5.41, 5.74) is 2.80. The number of fused-ring (bicyclic) bond motifs is 5. The van der Waals surface area contributed by atoms with Crippen LogP contribution in [0.25, 0.3) is 0 Å². The SMILES string of the molecule is CCSCCN(CC(=O)O)CC(=O)NCCCCCC[C@@H]1Cc2cc(O)ccc2C2CC[C@@]3(C)C(CC[C@@H]3O)C21.[94Tc].[C-]#[O+].[C-]#[O+].[C-]#[O+]. The monoisotopic (exact) mass is 752 g/mol. The number of phenols is 1. The third kappa shape index (κ3) is 13.1. The van der Waals surface area contributed by atoms with Gasteiger partial charge >= 0.3 is 39.9 Å². The van der Waals surface area contributed by atoms with E-state index < -0.39 is 5.97 Å². The van der Waals surface area contributed by atoms with Crippen molar-refractivity contribution in [1.29, 1.82) is 0 Å². The number of aromatic hydroxyl groups is 1. The van der Waals surface area contributed by atoms with E-state index in [1.807, 2.05) is 12.1 Å². The number of aliphatic hydroxyl groups is 1. The Kier molecular flexibility index (Phi) is 23.3. The van der Waals surface area contributed by atoms with E-state index in [9.17, 15) is 19.8 Å². The number of hydrogen-bond acceptors (Lipinski definition) is 6. The van der Waals surface area contributed by atoms with Crippen LogP contribution in [0.2, 0.25) is 0 Å². The fourth-order valence-corrected chi connectivity index (χ4v) is 8.82. The minimum absolute atomic E-state index is 0. The van der Waals surface area contributed by atoms with Gasteiger partial charge in [-0.1, -0.05) is 39.2 Å². The molecule has 6 atom stereocenters. The molecule has 47 heavy (non-hydrogen) atoms. The molecule has 0 saturated heterocycles. The van der Waals surface area contributed by atoms with Crippen LogP contribution in [0.3, 0.4) is 0 Å². The second kappa shape index (κ2) is 24.3. The first-order valence-corrected chi connectivity index (χ1v) is 17.3. The van der Waals surface area contributed by atoms with E-state index in [1.165, 1.54) is 17.5 Å². The molecule has 12 heteroatoms. The fourth-order valence-electron chi connectivity index (χ4n) is 8.15. The zero-order valence-electron chi connectivity index (χ0n) is 27.5. The number of carboxylic acid groups (broad SMARTS) is 1. The molecule has 0 aromatic heterocycles. The molecule has 0 spiro atoms. The van der Waals surface area contributed by atoms with Crippen molar-refractivity contribution in [2.24, 2.45) is 23.2 Å². The number of unbranched alkanes of at least 4 members (excludes halogenated alkanes) is 3. The number of amides is 1. The molecule has 4 rings (SSSR count). The van der Waals surface area contributed by atoms with Crippen LogP contribution in [-0.2, 0) is 50.1 Å². The minimum atomic E-state index is -0.902. The van der Waals surface area contributed by atoms with Crippen molar-refractivity contribution in [1.82, 2.24) is 10.2 Å². The second-order valence-electron chi connectivity index (χ2n) is 12.6. The number of carboxylic acids is 1. The first kappa shape index (κ1) is 45.1. The van der Waals surface area contributed by atoms with Gasteiger partial charge in [0.2, 0.25) is 5.91 Å². The van der Waals surface area contributed by atoms with Crippen LogP contribution in [-0.4, -0.2) is 75.9 Å². The van der Waals surface area contributed by atoms with Crippen LogP contribution >= 0.6 is 11.8 Å². The van der Waals surface area contributed by atoms with Gasteiger partial charge < -0.3 is 20.6 Å². The summed E-state index contributed by atoms with van der Waals surface area (Å²) in [4.78, 5) is 25.2. The summed E-state index contributed by atoms with van der Waals surface area (Å²) >= 11 is 1.75. The van der Waals surface area contributed by atoms with Crippen LogP contribution in [0.15, 0.2) is 18.2 Å². The predicted octanol–water partition coefficient (Wildman–Crippen LogP) is 4.93. The third-order valence-electron chi connectivity index (χ3n) is 10.1. The van der Waals surface area contributed by atoms with E-state index in [0.29, 0.717) is 42.5 Å². The molecule has 1 aromatic rings. The summed E-state index contributed by atoms with van der Waals surface area (Å²) in [5.74, 6) is 3.47. The van der Waals surface area contributed by atoms with Crippen LogP contribution in [0.5, 0.6) is 5.75 Å². The van der Waals surface area contributed by atoms with Crippen molar-refractivity contribution in [2.45, 2.75) is 90.1 Å².